The van der Waals surface area contributed by atoms with E-state index < -0.39 is 0 Å². The van der Waals surface area contributed by atoms with E-state index in [0.29, 0.717) is 24.4 Å². The van der Waals surface area contributed by atoms with Crippen LogP contribution in [0.25, 0.3) is 0 Å². The molecule has 1 fully saturated rings. The van der Waals surface area contributed by atoms with Crippen molar-refractivity contribution in [1.82, 2.24) is 10.2 Å². The topological polar surface area (TPSA) is 71.5 Å². The van der Waals surface area contributed by atoms with Crippen LogP contribution >= 0.6 is 0 Å². The zero-order valence-electron chi connectivity index (χ0n) is 14.7. The van der Waals surface area contributed by atoms with Crippen LogP contribution in [0.3, 0.4) is 0 Å². The Morgan fingerprint density at radius 3 is 2.52 bits per heavy atom. The first kappa shape index (κ1) is 17.7. The van der Waals surface area contributed by atoms with Crippen molar-refractivity contribution in [1.29, 1.82) is 0 Å². The fourth-order valence-corrected chi connectivity index (χ4v) is 3.30. The van der Waals surface area contributed by atoms with Gasteiger partial charge in [-0.2, -0.15) is 0 Å². The molecule has 1 saturated heterocycles. The predicted octanol–water partition coefficient (Wildman–Crippen LogP) is 3.04. The fraction of sp³-hybridized carbons (Fsp3) is 0.450. The third-order valence-electron chi connectivity index (χ3n) is 4.77. The molecular formula is C20H27N3O2. The lowest BCUT2D eigenvalue weighted by Crippen LogP contribution is -2.26. The van der Waals surface area contributed by atoms with Gasteiger partial charge in [-0.25, -0.2) is 0 Å². The maximum atomic E-state index is 12.3. The fourth-order valence-electron chi connectivity index (χ4n) is 3.30. The Hall–Kier alpha value is -2.11. The van der Waals surface area contributed by atoms with Crippen molar-refractivity contribution in [3.05, 3.63) is 59.0 Å². The van der Waals surface area contributed by atoms with Crippen LogP contribution < -0.4 is 11.1 Å². The first-order chi connectivity index (χ1) is 12.3. The largest absolute Gasteiger partial charge is 0.467 e. The van der Waals surface area contributed by atoms with Crippen molar-refractivity contribution >= 4 is 5.91 Å². The summed E-state index contributed by atoms with van der Waals surface area (Å²) in [5, 5.41) is 2.98. The molecule has 0 aliphatic carbocycles. The summed E-state index contributed by atoms with van der Waals surface area (Å²) in [4.78, 5) is 14.8. The van der Waals surface area contributed by atoms with Crippen LogP contribution in [0.1, 0.15) is 52.9 Å². The molecule has 0 spiro atoms. The lowest BCUT2D eigenvalue weighted by molar-refractivity contribution is 0.0950. The maximum Gasteiger partial charge on any atom is 0.254 e. The molecule has 0 saturated carbocycles. The third-order valence-corrected chi connectivity index (χ3v) is 4.77. The van der Waals surface area contributed by atoms with Crippen LogP contribution in [0.4, 0.5) is 0 Å². The van der Waals surface area contributed by atoms with Crippen molar-refractivity contribution in [2.24, 2.45) is 5.73 Å². The highest BCUT2D eigenvalue weighted by Crippen LogP contribution is 2.16. The Bertz CT molecular complexity index is 688. The molecule has 3 rings (SSSR count). The average molecular weight is 341 g/mol. The van der Waals surface area contributed by atoms with E-state index in [4.69, 9.17) is 10.2 Å². The summed E-state index contributed by atoms with van der Waals surface area (Å²) in [6, 6.07) is 10.0. The highest BCUT2D eigenvalue weighted by Gasteiger charge is 2.13. The molecule has 1 aromatic heterocycles. The van der Waals surface area contributed by atoms with Gasteiger partial charge in [0.15, 0.2) is 0 Å². The Balaban J connectivity index is 1.61. The third kappa shape index (κ3) is 4.94. The number of likely N-dealkylation sites (tertiary alicyclic amines) is 1. The Labute approximate surface area is 149 Å². The van der Waals surface area contributed by atoms with Crippen molar-refractivity contribution in [2.45, 2.75) is 45.3 Å². The second-order valence-corrected chi connectivity index (χ2v) is 6.65. The molecule has 2 aromatic rings. The molecule has 0 atom stereocenters. The minimum atomic E-state index is -0.131. The van der Waals surface area contributed by atoms with Gasteiger partial charge in [-0.05, 0) is 43.1 Å². The average Bonchev–Trinajstić information content (AvgIpc) is 2.98. The molecule has 1 aliphatic rings. The molecule has 5 nitrogen and oxygen atoms in total. The minimum absolute atomic E-state index is 0.131. The van der Waals surface area contributed by atoms with Gasteiger partial charge in [0.05, 0.1) is 12.1 Å². The number of amides is 1. The Morgan fingerprint density at radius 1 is 1.12 bits per heavy atom. The van der Waals surface area contributed by atoms with Crippen molar-refractivity contribution in [3.63, 3.8) is 0 Å². The number of carbonyl (C=O) groups excluding carboxylic acids is 1. The molecule has 0 radical (unpaired) electrons. The lowest BCUT2D eigenvalue weighted by atomic mass is 10.1. The number of nitrogens with one attached hydrogen (secondary N) is 1. The second kappa shape index (κ2) is 8.83. The molecular weight excluding hydrogens is 314 g/mol. The number of rotatable bonds is 6. The number of furan rings is 1. The molecule has 1 amide bonds. The van der Waals surface area contributed by atoms with Crippen molar-refractivity contribution < 1.29 is 9.21 Å². The lowest BCUT2D eigenvalue weighted by Gasteiger charge is -2.21. The zero-order valence-corrected chi connectivity index (χ0v) is 14.7. The number of nitrogens with two attached hydrogens (primary N) is 1. The summed E-state index contributed by atoms with van der Waals surface area (Å²) in [5.41, 5.74) is 8.50. The van der Waals surface area contributed by atoms with E-state index in [0.717, 1.165) is 19.6 Å². The normalized spacial score (nSPS) is 15.7. The minimum Gasteiger partial charge on any atom is -0.467 e. The number of carbonyl (C=O) groups is 1. The summed E-state index contributed by atoms with van der Waals surface area (Å²) in [6.45, 7) is 4.10. The smallest absolute Gasteiger partial charge is 0.254 e. The highest BCUT2D eigenvalue weighted by molar-refractivity contribution is 5.93. The first-order valence-corrected chi connectivity index (χ1v) is 9.11. The molecule has 5 heteroatoms. The zero-order chi connectivity index (χ0) is 17.5. The van der Waals surface area contributed by atoms with E-state index in [-0.39, 0.29) is 5.91 Å². The number of nitrogens with zero attached hydrogens (tertiary/aromatic N) is 1. The van der Waals surface area contributed by atoms with Gasteiger partial charge in [0, 0.05) is 13.1 Å². The highest BCUT2D eigenvalue weighted by atomic mass is 16.3. The van der Waals surface area contributed by atoms with Crippen LogP contribution in [0.2, 0.25) is 0 Å². The summed E-state index contributed by atoms with van der Waals surface area (Å²) in [5.74, 6) is 0.486. The van der Waals surface area contributed by atoms with E-state index in [2.05, 4.69) is 28.4 Å². The van der Waals surface area contributed by atoms with Crippen LogP contribution in [0.15, 0.2) is 41.0 Å². The summed E-state index contributed by atoms with van der Waals surface area (Å²) in [6.07, 6.45) is 6.69. The monoisotopic (exact) mass is 341 g/mol. The predicted molar refractivity (Wildman–Crippen MR) is 98.0 cm³/mol. The Kier molecular flexibility index (Phi) is 6.25. The molecule has 0 unspecified atom stereocenters. The number of hydrogen-bond donors (Lipinski definition) is 2. The number of benzene rings is 1. The van der Waals surface area contributed by atoms with E-state index in [1.54, 1.807) is 6.07 Å². The quantitative estimate of drug-likeness (QED) is 0.847. The van der Waals surface area contributed by atoms with E-state index in [1.165, 1.54) is 43.1 Å². The van der Waals surface area contributed by atoms with Crippen LogP contribution in [-0.4, -0.2) is 23.9 Å². The molecule has 134 valence electrons. The van der Waals surface area contributed by atoms with Crippen molar-refractivity contribution in [2.75, 3.05) is 13.1 Å². The van der Waals surface area contributed by atoms with E-state index in [1.807, 2.05) is 6.07 Å². The van der Waals surface area contributed by atoms with Gasteiger partial charge in [-0.3, -0.25) is 9.69 Å². The van der Waals surface area contributed by atoms with E-state index >= 15 is 0 Å². The first-order valence-electron chi connectivity index (χ1n) is 9.11. The summed E-state index contributed by atoms with van der Waals surface area (Å²) in [7, 11) is 0. The molecule has 25 heavy (non-hydrogen) atoms. The van der Waals surface area contributed by atoms with E-state index in [9.17, 15) is 4.79 Å². The van der Waals surface area contributed by atoms with Crippen LogP contribution in [0.5, 0.6) is 0 Å². The standard InChI is InChI=1S/C20H27N3O2/c21-12-19-11-18(15-25-19)20(24)22-13-16-7-3-4-8-17(16)14-23-9-5-1-2-6-10-23/h3-4,7-8,11,15H,1-2,5-6,9-10,12-14,21H2,(H,22,24). The molecule has 3 N–H and O–H groups in total. The Morgan fingerprint density at radius 2 is 1.84 bits per heavy atom. The maximum absolute atomic E-state index is 12.3. The number of hydrogen-bond acceptors (Lipinski definition) is 4. The molecule has 1 aliphatic heterocycles. The second-order valence-electron chi connectivity index (χ2n) is 6.65. The van der Waals surface area contributed by atoms with Gasteiger partial charge >= 0.3 is 0 Å². The SMILES string of the molecule is NCc1cc(C(=O)NCc2ccccc2CN2CCCCCC2)co1. The van der Waals surface area contributed by atoms with Gasteiger partial charge < -0.3 is 15.5 Å². The summed E-state index contributed by atoms with van der Waals surface area (Å²) >= 11 is 0. The van der Waals surface area contributed by atoms with Crippen LogP contribution in [-0.2, 0) is 19.6 Å². The van der Waals surface area contributed by atoms with Gasteiger partial charge in [-0.1, -0.05) is 37.1 Å². The summed E-state index contributed by atoms with van der Waals surface area (Å²) < 4.78 is 5.23. The van der Waals surface area contributed by atoms with Gasteiger partial charge in [0.1, 0.15) is 12.0 Å². The van der Waals surface area contributed by atoms with Crippen LogP contribution in [0, 0.1) is 0 Å². The van der Waals surface area contributed by atoms with Gasteiger partial charge in [-0.15, -0.1) is 0 Å². The van der Waals surface area contributed by atoms with Gasteiger partial charge in [0.25, 0.3) is 5.91 Å². The molecule has 1 aromatic carbocycles. The molecule has 0 bridgehead atoms. The van der Waals surface area contributed by atoms with Crippen molar-refractivity contribution in [3.8, 4) is 0 Å². The molecule has 2 heterocycles. The van der Waals surface area contributed by atoms with Gasteiger partial charge in [0.2, 0.25) is 0 Å².